The van der Waals surface area contributed by atoms with Gasteiger partial charge in [-0.1, -0.05) is 25.5 Å². The summed E-state index contributed by atoms with van der Waals surface area (Å²) in [5.74, 6) is 0.918. The van der Waals surface area contributed by atoms with Crippen LogP contribution in [0.25, 0.3) is 0 Å². The minimum Gasteiger partial charge on any atom is -0.494 e. The van der Waals surface area contributed by atoms with Gasteiger partial charge in [-0.3, -0.25) is 0 Å². The predicted octanol–water partition coefficient (Wildman–Crippen LogP) is 3.55. The fourth-order valence-electron chi connectivity index (χ4n) is 2.06. The van der Waals surface area contributed by atoms with Crippen LogP contribution >= 0.6 is 0 Å². The van der Waals surface area contributed by atoms with Crippen LogP contribution < -0.4 is 10.1 Å². The molecule has 1 rings (SSSR count). The number of ether oxygens (including phenoxy) is 2. The quantitative estimate of drug-likeness (QED) is 0.740. The Morgan fingerprint density at radius 2 is 1.84 bits per heavy atom. The lowest BCUT2D eigenvalue weighted by Gasteiger charge is -2.20. The molecule has 3 nitrogen and oxygen atoms in total. The van der Waals surface area contributed by atoms with Gasteiger partial charge >= 0.3 is 0 Å². The standard InChI is InChI=1S/C16H27NO2/c1-5-7-13(3)19-12-16(17-4)14-8-10-15(11-9-14)18-6-2/h8-11,13,16-17H,5-7,12H2,1-4H3. The molecular weight excluding hydrogens is 238 g/mol. The molecule has 0 bridgehead atoms. The highest BCUT2D eigenvalue weighted by Crippen LogP contribution is 2.18. The zero-order valence-electron chi connectivity index (χ0n) is 12.6. The third-order valence-electron chi connectivity index (χ3n) is 3.18. The number of benzene rings is 1. The third kappa shape index (κ3) is 5.62. The van der Waals surface area contributed by atoms with E-state index in [0.29, 0.717) is 19.3 Å². The van der Waals surface area contributed by atoms with E-state index < -0.39 is 0 Å². The minimum absolute atomic E-state index is 0.231. The Kier molecular flexibility index (Phi) is 7.53. The fourth-order valence-corrected chi connectivity index (χ4v) is 2.06. The van der Waals surface area contributed by atoms with E-state index in [9.17, 15) is 0 Å². The van der Waals surface area contributed by atoms with E-state index in [2.05, 4.69) is 31.3 Å². The Balaban J connectivity index is 2.53. The summed E-state index contributed by atoms with van der Waals surface area (Å²) in [7, 11) is 1.97. The topological polar surface area (TPSA) is 30.5 Å². The molecule has 0 aromatic heterocycles. The van der Waals surface area contributed by atoms with Crippen molar-refractivity contribution in [2.24, 2.45) is 0 Å². The van der Waals surface area contributed by atoms with Crippen LogP contribution in [-0.4, -0.2) is 26.4 Å². The first-order valence-corrected chi connectivity index (χ1v) is 7.22. The van der Waals surface area contributed by atoms with E-state index >= 15 is 0 Å². The Morgan fingerprint density at radius 3 is 2.37 bits per heavy atom. The minimum atomic E-state index is 0.231. The molecule has 0 amide bonds. The number of nitrogens with one attached hydrogen (secondary N) is 1. The van der Waals surface area contributed by atoms with Crippen molar-refractivity contribution in [3.63, 3.8) is 0 Å². The summed E-state index contributed by atoms with van der Waals surface area (Å²) in [6.07, 6.45) is 2.59. The average Bonchev–Trinajstić information content (AvgIpc) is 2.42. The fraction of sp³-hybridized carbons (Fsp3) is 0.625. The van der Waals surface area contributed by atoms with Crippen molar-refractivity contribution in [1.82, 2.24) is 5.32 Å². The summed E-state index contributed by atoms with van der Waals surface area (Å²) in [6, 6.07) is 8.45. The van der Waals surface area contributed by atoms with E-state index in [1.165, 1.54) is 5.56 Å². The first-order chi connectivity index (χ1) is 9.21. The summed E-state index contributed by atoms with van der Waals surface area (Å²) >= 11 is 0. The van der Waals surface area contributed by atoms with Crippen LogP contribution in [0.5, 0.6) is 5.75 Å². The second-order valence-electron chi connectivity index (χ2n) is 4.78. The molecule has 0 aliphatic rings. The van der Waals surface area contributed by atoms with Gasteiger partial charge in [0.05, 0.1) is 25.4 Å². The van der Waals surface area contributed by atoms with Crippen LogP contribution in [0.4, 0.5) is 0 Å². The number of hydrogen-bond donors (Lipinski definition) is 1. The Labute approximate surface area is 117 Å². The van der Waals surface area contributed by atoms with Gasteiger partial charge in [0, 0.05) is 0 Å². The molecule has 108 valence electrons. The SMILES string of the molecule is CCCC(C)OCC(NC)c1ccc(OCC)cc1. The van der Waals surface area contributed by atoms with Crippen molar-refractivity contribution in [3.8, 4) is 5.75 Å². The van der Waals surface area contributed by atoms with Crippen LogP contribution in [0.2, 0.25) is 0 Å². The zero-order valence-corrected chi connectivity index (χ0v) is 12.6. The van der Waals surface area contributed by atoms with Gasteiger partial charge in [0.1, 0.15) is 5.75 Å². The molecule has 2 atom stereocenters. The molecule has 1 aromatic rings. The van der Waals surface area contributed by atoms with Crippen molar-refractivity contribution < 1.29 is 9.47 Å². The molecular formula is C16H27NO2. The van der Waals surface area contributed by atoms with Crippen molar-refractivity contribution in [2.75, 3.05) is 20.3 Å². The van der Waals surface area contributed by atoms with Crippen molar-refractivity contribution >= 4 is 0 Å². The van der Waals surface area contributed by atoms with Crippen LogP contribution in [0.15, 0.2) is 24.3 Å². The second kappa shape index (κ2) is 8.94. The van der Waals surface area contributed by atoms with Gasteiger partial charge < -0.3 is 14.8 Å². The molecule has 0 saturated heterocycles. The van der Waals surface area contributed by atoms with Gasteiger partial charge in [-0.05, 0) is 45.0 Å². The lowest BCUT2D eigenvalue weighted by atomic mass is 10.1. The average molecular weight is 265 g/mol. The molecule has 0 fully saturated rings. The van der Waals surface area contributed by atoms with Gasteiger partial charge in [0.25, 0.3) is 0 Å². The highest BCUT2D eigenvalue weighted by Gasteiger charge is 2.11. The Morgan fingerprint density at radius 1 is 1.16 bits per heavy atom. The molecule has 0 heterocycles. The summed E-state index contributed by atoms with van der Waals surface area (Å²) in [5.41, 5.74) is 1.23. The number of likely N-dealkylation sites (N-methyl/N-ethyl adjacent to an activating group) is 1. The van der Waals surface area contributed by atoms with E-state index in [4.69, 9.17) is 9.47 Å². The molecule has 0 aliphatic heterocycles. The van der Waals surface area contributed by atoms with Gasteiger partial charge in [-0.2, -0.15) is 0 Å². The van der Waals surface area contributed by atoms with Gasteiger partial charge in [0.15, 0.2) is 0 Å². The largest absolute Gasteiger partial charge is 0.494 e. The molecule has 2 unspecified atom stereocenters. The van der Waals surface area contributed by atoms with E-state index in [-0.39, 0.29) is 6.04 Å². The summed E-state index contributed by atoms with van der Waals surface area (Å²) in [6.45, 7) is 7.71. The molecule has 19 heavy (non-hydrogen) atoms. The maximum Gasteiger partial charge on any atom is 0.119 e. The summed E-state index contributed by atoms with van der Waals surface area (Å²) < 4.78 is 11.3. The maximum absolute atomic E-state index is 5.87. The van der Waals surface area contributed by atoms with Crippen LogP contribution in [-0.2, 0) is 4.74 Å². The van der Waals surface area contributed by atoms with Crippen LogP contribution in [0.1, 0.15) is 45.2 Å². The molecule has 0 saturated carbocycles. The predicted molar refractivity (Wildman–Crippen MR) is 79.7 cm³/mol. The summed E-state index contributed by atoms with van der Waals surface area (Å²) in [4.78, 5) is 0. The van der Waals surface area contributed by atoms with Gasteiger partial charge in [0.2, 0.25) is 0 Å². The number of rotatable bonds is 9. The van der Waals surface area contributed by atoms with Crippen molar-refractivity contribution in [1.29, 1.82) is 0 Å². The first-order valence-electron chi connectivity index (χ1n) is 7.22. The highest BCUT2D eigenvalue weighted by atomic mass is 16.5. The highest BCUT2D eigenvalue weighted by molar-refractivity contribution is 5.29. The number of hydrogen-bond acceptors (Lipinski definition) is 3. The van der Waals surface area contributed by atoms with Crippen LogP contribution in [0.3, 0.4) is 0 Å². The van der Waals surface area contributed by atoms with Gasteiger partial charge in [-0.15, -0.1) is 0 Å². The maximum atomic E-state index is 5.87. The lowest BCUT2D eigenvalue weighted by Crippen LogP contribution is -2.24. The normalized spacial score (nSPS) is 14.1. The summed E-state index contributed by atoms with van der Waals surface area (Å²) in [5, 5.41) is 3.30. The Hall–Kier alpha value is -1.06. The van der Waals surface area contributed by atoms with Gasteiger partial charge in [-0.25, -0.2) is 0 Å². The Bertz CT molecular complexity index is 337. The smallest absolute Gasteiger partial charge is 0.119 e. The first kappa shape index (κ1) is 16.0. The third-order valence-corrected chi connectivity index (χ3v) is 3.18. The monoisotopic (exact) mass is 265 g/mol. The molecule has 0 spiro atoms. The molecule has 1 aromatic carbocycles. The van der Waals surface area contributed by atoms with E-state index in [0.717, 1.165) is 18.6 Å². The van der Waals surface area contributed by atoms with Crippen molar-refractivity contribution in [3.05, 3.63) is 29.8 Å². The molecule has 1 N–H and O–H groups in total. The zero-order chi connectivity index (χ0) is 14.1. The lowest BCUT2D eigenvalue weighted by molar-refractivity contribution is 0.0453. The molecule has 0 aliphatic carbocycles. The molecule has 3 heteroatoms. The van der Waals surface area contributed by atoms with E-state index in [1.54, 1.807) is 0 Å². The molecule has 0 radical (unpaired) electrons. The van der Waals surface area contributed by atoms with Crippen molar-refractivity contribution in [2.45, 2.75) is 45.8 Å². The second-order valence-corrected chi connectivity index (χ2v) is 4.78. The van der Waals surface area contributed by atoms with Crippen LogP contribution in [0, 0.1) is 0 Å². The van der Waals surface area contributed by atoms with E-state index in [1.807, 2.05) is 26.1 Å².